The van der Waals surface area contributed by atoms with E-state index in [1.807, 2.05) is 30.8 Å². The van der Waals surface area contributed by atoms with Gasteiger partial charge in [-0.05, 0) is 33.9 Å². The zero-order chi connectivity index (χ0) is 17.8. The first-order valence-corrected chi connectivity index (χ1v) is 9.13. The minimum absolute atomic E-state index is 0.203. The van der Waals surface area contributed by atoms with Crippen molar-refractivity contribution in [3.63, 3.8) is 0 Å². The van der Waals surface area contributed by atoms with Crippen molar-refractivity contribution in [3.8, 4) is 0 Å². The fourth-order valence-electron chi connectivity index (χ4n) is 3.55. The lowest BCUT2D eigenvalue weighted by molar-refractivity contribution is -0.133. The summed E-state index contributed by atoms with van der Waals surface area (Å²) >= 11 is 0. The third kappa shape index (κ3) is 4.67. The summed E-state index contributed by atoms with van der Waals surface area (Å²) in [6.45, 7) is 7.25. The van der Waals surface area contributed by atoms with Gasteiger partial charge in [0.15, 0.2) is 0 Å². The molecule has 25 heavy (non-hydrogen) atoms. The lowest BCUT2D eigenvalue weighted by Crippen LogP contribution is -2.43. The van der Waals surface area contributed by atoms with Gasteiger partial charge in [0.2, 0.25) is 5.91 Å². The number of carbonyl (C=O) groups excluding carboxylic acids is 1. The number of hydrogen-bond donors (Lipinski definition) is 0. The Morgan fingerprint density at radius 3 is 2.76 bits per heavy atom. The second-order valence-electron chi connectivity index (χ2n) is 7.21. The van der Waals surface area contributed by atoms with Crippen molar-refractivity contribution in [3.05, 3.63) is 17.6 Å². The molecule has 0 aliphatic carbocycles. The van der Waals surface area contributed by atoms with Crippen LogP contribution in [0.3, 0.4) is 0 Å². The molecule has 138 valence electrons. The predicted molar refractivity (Wildman–Crippen MR) is 96.9 cm³/mol. The molecule has 1 atom stereocenters. The molecule has 2 fully saturated rings. The maximum Gasteiger partial charge on any atom is 0.236 e. The normalized spacial score (nSPS) is 21.7. The van der Waals surface area contributed by atoms with Gasteiger partial charge >= 0.3 is 0 Å². The Bertz CT molecular complexity index is 601. The number of likely N-dealkylation sites (N-methyl/N-ethyl adjacent to an activating group) is 1. The van der Waals surface area contributed by atoms with Gasteiger partial charge < -0.3 is 19.4 Å². The molecule has 0 N–H and O–H groups in total. The monoisotopic (exact) mass is 347 g/mol. The molecule has 1 aromatic rings. The van der Waals surface area contributed by atoms with Crippen molar-refractivity contribution in [2.75, 3.05) is 64.9 Å². The number of aromatic nitrogens is 2. The zero-order valence-electron chi connectivity index (χ0n) is 15.6. The first-order valence-electron chi connectivity index (χ1n) is 9.13. The number of piperidine rings is 1. The SMILES string of the molecule is Cc1nc(C2CCCN(C(=O)CN(C)C)C2)cc(N2CCOCC2)n1. The third-order valence-corrected chi connectivity index (χ3v) is 4.82. The molecule has 0 saturated carbocycles. The van der Waals surface area contributed by atoms with Crippen molar-refractivity contribution >= 4 is 11.7 Å². The number of ether oxygens (including phenoxy) is 1. The van der Waals surface area contributed by atoms with Crippen LogP contribution in [0.1, 0.15) is 30.3 Å². The van der Waals surface area contributed by atoms with E-state index in [9.17, 15) is 4.79 Å². The van der Waals surface area contributed by atoms with E-state index in [2.05, 4.69) is 20.9 Å². The highest BCUT2D eigenvalue weighted by atomic mass is 16.5. The molecule has 1 unspecified atom stereocenters. The van der Waals surface area contributed by atoms with Gasteiger partial charge in [-0.25, -0.2) is 9.97 Å². The number of amides is 1. The van der Waals surface area contributed by atoms with Gasteiger partial charge in [0.05, 0.1) is 25.5 Å². The fraction of sp³-hybridized carbons (Fsp3) is 0.722. The molecule has 7 heteroatoms. The lowest BCUT2D eigenvalue weighted by atomic mass is 9.94. The first-order chi connectivity index (χ1) is 12.0. The van der Waals surface area contributed by atoms with E-state index in [0.717, 1.165) is 69.6 Å². The minimum atomic E-state index is 0.203. The van der Waals surface area contributed by atoms with Crippen LogP contribution in [0.25, 0.3) is 0 Å². The average Bonchev–Trinajstić information content (AvgIpc) is 2.61. The summed E-state index contributed by atoms with van der Waals surface area (Å²) in [5, 5.41) is 0. The molecular formula is C18H29N5O2. The van der Waals surface area contributed by atoms with Crippen molar-refractivity contribution in [2.45, 2.75) is 25.7 Å². The summed E-state index contributed by atoms with van der Waals surface area (Å²) in [7, 11) is 3.86. The number of hydrogen-bond acceptors (Lipinski definition) is 6. The average molecular weight is 347 g/mol. The van der Waals surface area contributed by atoms with Gasteiger partial charge in [-0.3, -0.25) is 4.79 Å². The fourth-order valence-corrected chi connectivity index (χ4v) is 3.55. The minimum Gasteiger partial charge on any atom is -0.378 e. The summed E-state index contributed by atoms with van der Waals surface area (Å²) in [6.07, 6.45) is 2.10. The van der Waals surface area contributed by atoms with Crippen LogP contribution in [-0.4, -0.2) is 85.7 Å². The van der Waals surface area contributed by atoms with Crippen LogP contribution in [0.2, 0.25) is 0 Å². The van der Waals surface area contributed by atoms with E-state index >= 15 is 0 Å². The van der Waals surface area contributed by atoms with Crippen molar-refractivity contribution in [1.82, 2.24) is 19.8 Å². The Kier molecular flexibility index (Phi) is 5.86. The van der Waals surface area contributed by atoms with E-state index in [1.165, 1.54) is 0 Å². The Balaban J connectivity index is 1.74. The molecule has 2 saturated heterocycles. The smallest absolute Gasteiger partial charge is 0.236 e. The highest BCUT2D eigenvalue weighted by molar-refractivity contribution is 5.78. The second-order valence-corrected chi connectivity index (χ2v) is 7.21. The predicted octanol–water partition coefficient (Wildman–Crippen LogP) is 0.889. The summed E-state index contributed by atoms with van der Waals surface area (Å²) in [5.41, 5.74) is 1.07. The van der Waals surface area contributed by atoms with E-state index in [4.69, 9.17) is 4.74 Å². The molecular weight excluding hydrogens is 318 g/mol. The van der Waals surface area contributed by atoms with Crippen molar-refractivity contribution in [1.29, 1.82) is 0 Å². The van der Waals surface area contributed by atoms with Crippen LogP contribution in [-0.2, 0) is 9.53 Å². The van der Waals surface area contributed by atoms with Gasteiger partial charge in [-0.1, -0.05) is 0 Å². The number of likely N-dealkylation sites (tertiary alicyclic amines) is 1. The molecule has 0 spiro atoms. The van der Waals surface area contributed by atoms with E-state index in [0.29, 0.717) is 12.5 Å². The van der Waals surface area contributed by atoms with Crippen LogP contribution in [0.5, 0.6) is 0 Å². The largest absolute Gasteiger partial charge is 0.378 e. The maximum atomic E-state index is 12.4. The summed E-state index contributed by atoms with van der Waals surface area (Å²) in [5.74, 6) is 2.29. The second kappa shape index (κ2) is 8.10. The first kappa shape index (κ1) is 18.1. The van der Waals surface area contributed by atoms with Gasteiger partial charge in [0.1, 0.15) is 11.6 Å². The van der Waals surface area contributed by atoms with E-state index in [1.54, 1.807) is 0 Å². The van der Waals surface area contributed by atoms with Crippen LogP contribution >= 0.6 is 0 Å². The molecule has 7 nitrogen and oxygen atoms in total. The summed E-state index contributed by atoms with van der Waals surface area (Å²) < 4.78 is 5.44. The van der Waals surface area contributed by atoms with Gasteiger partial charge in [-0.15, -0.1) is 0 Å². The maximum absolute atomic E-state index is 12.4. The molecule has 2 aliphatic heterocycles. The van der Waals surface area contributed by atoms with Crippen LogP contribution in [0.4, 0.5) is 5.82 Å². The van der Waals surface area contributed by atoms with Crippen molar-refractivity contribution < 1.29 is 9.53 Å². The zero-order valence-corrected chi connectivity index (χ0v) is 15.6. The Labute approximate surface area is 150 Å². The quantitative estimate of drug-likeness (QED) is 0.806. The molecule has 0 aromatic carbocycles. The number of carbonyl (C=O) groups is 1. The number of aryl methyl sites for hydroxylation is 1. The molecule has 3 rings (SSSR count). The van der Waals surface area contributed by atoms with Gasteiger partial charge in [-0.2, -0.15) is 0 Å². The number of rotatable bonds is 4. The van der Waals surface area contributed by atoms with Crippen LogP contribution in [0, 0.1) is 6.92 Å². The molecule has 3 heterocycles. The molecule has 0 bridgehead atoms. The van der Waals surface area contributed by atoms with Crippen LogP contribution < -0.4 is 4.90 Å². The number of anilines is 1. The van der Waals surface area contributed by atoms with Crippen LogP contribution in [0.15, 0.2) is 6.07 Å². The molecule has 0 radical (unpaired) electrons. The highest BCUT2D eigenvalue weighted by Gasteiger charge is 2.27. The Morgan fingerprint density at radius 2 is 2.04 bits per heavy atom. The summed E-state index contributed by atoms with van der Waals surface area (Å²) in [4.78, 5) is 27.9. The lowest BCUT2D eigenvalue weighted by Gasteiger charge is -2.34. The van der Waals surface area contributed by atoms with Crippen molar-refractivity contribution in [2.24, 2.45) is 0 Å². The molecule has 1 amide bonds. The van der Waals surface area contributed by atoms with E-state index in [-0.39, 0.29) is 5.91 Å². The standard InChI is InChI=1S/C18H29N5O2/c1-14-19-16(11-17(20-14)22-7-9-25-10-8-22)15-5-4-6-23(12-15)18(24)13-21(2)3/h11,15H,4-10,12-13H2,1-3H3. The Hall–Kier alpha value is -1.73. The number of morpholine rings is 1. The Morgan fingerprint density at radius 1 is 1.28 bits per heavy atom. The van der Waals surface area contributed by atoms with Gasteiger partial charge in [0.25, 0.3) is 0 Å². The molecule has 2 aliphatic rings. The van der Waals surface area contributed by atoms with E-state index < -0.39 is 0 Å². The molecule has 1 aromatic heterocycles. The van der Waals surface area contributed by atoms with Gasteiger partial charge in [0, 0.05) is 38.2 Å². The topological polar surface area (TPSA) is 61.8 Å². The number of nitrogens with zero attached hydrogens (tertiary/aromatic N) is 5. The third-order valence-electron chi connectivity index (χ3n) is 4.82. The highest BCUT2D eigenvalue weighted by Crippen LogP contribution is 2.28. The summed E-state index contributed by atoms with van der Waals surface area (Å²) in [6, 6.07) is 2.11.